The van der Waals surface area contributed by atoms with Gasteiger partial charge in [0.15, 0.2) is 6.07 Å². The third-order valence-corrected chi connectivity index (χ3v) is 2.53. The van der Waals surface area contributed by atoms with Crippen LogP contribution in [0.25, 0.3) is 0 Å². The Balaban J connectivity index is 3.08. The van der Waals surface area contributed by atoms with Gasteiger partial charge in [-0.3, -0.25) is 4.79 Å². The van der Waals surface area contributed by atoms with Crippen LogP contribution < -0.4 is 0 Å². The van der Waals surface area contributed by atoms with Crippen molar-refractivity contribution >= 4 is 29.2 Å². The molecule has 0 aliphatic carbocycles. The molecule has 15 heavy (non-hydrogen) atoms. The van der Waals surface area contributed by atoms with E-state index in [2.05, 4.69) is 4.74 Å². The zero-order valence-corrected chi connectivity index (χ0v) is 10.8. The topological polar surface area (TPSA) is 26.3 Å². The third kappa shape index (κ3) is 12.0. The van der Waals surface area contributed by atoms with E-state index in [1.54, 1.807) is 0 Å². The Labute approximate surface area is 102 Å². The van der Waals surface area contributed by atoms with Gasteiger partial charge in [-0.2, -0.15) is 0 Å². The smallest absolute Gasteiger partial charge is 0.306 e. The normalized spacial score (nSPS) is 12.5. The van der Waals surface area contributed by atoms with E-state index in [1.807, 2.05) is 6.92 Å². The van der Waals surface area contributed by atoms with Crippen LogP contribution in [0.2, 0.25) is 0 Å². The van der Waals surface area contributed by atoms with Crippen LogP contribution in [0.1, 0.15) is 51.9 Å². The maximum absolute atomic E-state index is 10.9. The zero-order valence-electron chi connectivity index (χ0n) is 9.31. The van der Waals surface area contributed by atoms with Crippen LogP contribution in [0.5, 0.6) is 0 Å². The fourth-order valence-corrected chi connectivity index (χ4v) is 1.63. The van der Waals surface area contributed by atoms with Gasteiger partial charge in [-0.15, -0.1) is 11.6 Å². The number of carbonyl (C=O) groups excluding carboxylic acids is 1. The average Bonchev–Trinajstić information content (AvgIpc) is 2.16. The summed E-state index contributed by atoms with van der Waals surface area (Å²) in [4.78, 5) is 10.9. The number of rotatable bonds is 9. The van der Waals surface area contributed by atoms with Crippen molar-refractivity contribution in [2.24, 2.45) is 0 Å². The van der Waals surface area contributed by atoms with Gasteiger partial charge in [0.05, 0.1) is 0 Å². The quantitative estimate of drug-likeness (QED) is 0.352. The molecule has 1 atom stereocenters. The lowest BCUT2D eigenvalue weighted by atomic mass is 10.1. The van der Waals surface area contributed by atoms with Gasteiger partial charge < -0.3 is 4.74 Å². The fourth-order valence-electron chi connectivity index (χ4n) is 1.36. The van der Waals surface area contributed by atoms with E-state index in [0.29, 0.717) is 6.42 Å². The Morgan fingerprint density at radius 3 is 2.40 bits per heavy atom. The molecule has 0 spiro atoms. The minimum absolute atomic E-state index is 0.0353. The van der Waals surface area contributed by atoms with E-state index in [4.69, 9.17) is 23.2 Å². The van der Waals surface area contributed by atoms with E-state index in [1.165, 1.54) is 12.8 Å². The number of unbranched alkanes of at least 4 members (excludes halogenated alkanes) is 4. The second-order valence-electron chi connectivity index (χ2n) is 3.71. The van der Waals surface area contributed by atoms with Crippen molar-refractivity contribution in [3.8, 4) is 0 Å². The number of esters is 1. The summed E-state index contributed by atoms with van der Waals surface area (Å²) in [7, 11) is 0. The Kier molecular flexibility index (Phi) is 10.6. The first-order chi connectivity index (χ1) is 7.16. The number of ether oxygens (including phenoxy) is 1. The van der Waals surface area contributed by atoms with Crippen molar-refractivity contribution in [1.82, 2.24) is 0 Å². The summed E-state index contributed by atoms with van der Waals surface area (Å²) in [5.41, 5.74) is 0. The van der Waals surface area contributed by atoms with Gasteiger partial charge in [-0.05, 0) is 19.8 Å². The minimum atomic E-state index is -0.195. The van der Waals surface area contributed by atoms with Crippen LogP contribution >= 0.6 is 23.2 Å². The van der Waals surface area contributed by atoms with Crippen LogP contribution in [-0.2, 0) is 9.53 Å². The van der Waals surface area contributed by atoms with Gasteiger partial charge >= 0.3 is 5.97 Å². The first kappa shape index (κ1) is 15.0. The lowest BCUT2D eigenvalue weighted by molar-refractivity contribution is -0.141. The molecule has 0 heterocycles. The van der Waals surface area contributed by atoms with Crippen molar-refractivity contribution in [3.63, 3.8) is 0 Å². The number of carbonyl (C=O) groups is 1. The summed E-state index contributed by atoms with van der Waals surface area (Å²) in [6, 6.07) is -0.0353. The van der Waals surface area contributed by atoms with Gasteiger partial charge in [0.25, 0.3) is 0 Å². The molecule has 2 nitrogen and oxygen atoms in total. The second kappa shape index (κ2) is 10.6. The molecule has 0 radical (unpaired) electrons. The lowest BCUT2D eigenvalue weighted by Crippen LogP contribution is -2.02. The average molecular weight is 255 g/mol. The van der Waals surface area contributed by atoms with Gasteiger partial charge in [0, 0.05) is 11.8 Å². The standard InChI is InChI=1S/C11H20Cl2O2/c1-10(13)7-5-3-2-4-6-8-11(14)15-9-12/h10H,2-9H2,1H3. The van der Waals surface area contributed by atoms with Gasteiger partial charge in [-0.25, -0.2) is 0 Å². The summed E-state index contributed by atoms with van der Waals surface area (Å²) in [5, 5.41) is 0.281. The van der Waals surface area contributed by atoms with Gasteiger partial charge in [0.2, 0.25) is 0 Å². The van der Waals surface area contributed by atoms with Crippen molar-refractivity contribution < 1.29 is 9.53 Å². The summed E-state index contributed by atoms with van der Waals surface area (Å²) in [6.07, 6.45) is 7.07. The molecule has 0 amide bonds. The van der Waals surface area contributed by atoms with E-state index in [0.717, 1.165) is 25.7 Å². The first-order valence-electron chi connectivity index (χ1n) is 5.52. The SMILES string of the molecule is CC(Cl)CCCCCCCC(=O)OCCl. The Hall–Kier alpha value is 0.0500. The molecule has 90 valence electrons. The number of hydrogen-bond acceptors (Lipinski definition) is 2. The summed E-state index contributed by atoms with van der Waals surface area (Å²) >= 11 is 11.1. The molecular formula is C11H20Cl2O2. The van der Waals surface area contributed by atoms with Crippen LogP contribution in [0.15, 0.2) is 0 Å². The first-order valence-corrected chi connectivity index (χ1v) is 6.49. The van der Waals surface area contributed by atoms with Crippen LogP contribution in [-0.4, -0.2) is 17.4 Å². The maximum atomic E-state index is 10.9. The monoisotopic (exact) mass is 254 g/mol. The Morgan fingerprint density at radius 1 is 1.20 bits per heavy atom. The highest BCUT2D eigenvalue weighted by Crippen LogP contribution is 2.11. The van der Waals surface area contributed by atoms with Crippen molar-refractivity contribution in [2.45, 2.75) is 57.2 Å². The third-order valence-electron chi connectivity index (χ3n) is 2.20. The molecule has 4 heteroatoms. The molecule has 1 unspecified atom stereocenters. The molecule has 0 aliphatic heterocycles. The van der Waals surface area contributed by atoms with E-state index < -0.39 is 0 Å². The van der Waals surface area contributed by atoms with Crippen molar-refractivity contribution in [1.29, 1.82) is 0 Å². The molecule has 0 saturated carbocycles. The molecule has 0 aromatic heterocycles. The molecule has 0 aliphatic rings. The molecule has 0 rings (SSSR count). The molecule has 0 saturated heterocycles. The molecular weight excluding hydrogens is 235 g/mol. The molecule has 0 N–H and O–H groups in total. The maximum Gasteiger partial charge on any atom is 0.306 e. The second-order valence-corrected chi connectivity index (χ2v) is 4.68. The fraction of sp³-hybridized carbons (Fsp3) is 0.909. The van der Waals surface area contributed by atoms with Crippen LogP contribution in [0, 0.1) is 0 Å². The number of alkyl halides is 2. The lowest BCUT2D eigenvalue weighted by Gasteiger charge is -2.03. The molecule has 0 aromatic carbocycles. The Morgan fingerprint density at radius 2 is 1.80 bits per heavy atom. The van der Waals surface area contributed by atoms with E-state index >= 15 is 0 Å². The van der Waals surface area contributed by atoms with Crippen LogP contribution in [0.3, 0.4) is 0 Å². The van der Waals surface area contributed by atoms with Gasteiger partial charge in [-0.1, -0.05) is 37.3 Å². The minimum Gasteiger partial charge on any atom is -0.449 e. The van der Waals surface area contributed by atoms with Crippen molar-refractivity contribution in [3.05, 3.63) is 0 Å². The van der Waals surface area contributed by atoms with Crippen molar-refractivity contribution in [2.75, 3.05) is 6.07 Å². The molecule has 0 bridgehead atoms. The number of halogens is 2. The van der Waals surface area contributed by atoms with E-state index in [-0.39, 0.29) is 17.4 Å². The zero-order chi connectivity index (χ0) is 11.5. The summed E-state index contributed by atoms with van der Waals surface area (Å²) in [6.45, 7) is 2.02. The summed E-state index contributed by atoms with van der Waals surface area (Å²) < 4.78 is 4.61. The highest BCUT2D eigenvalue weighted by Gasteiger charge is 2.01. The van der Waals surface area contributed by atoms with Gasteiger partial charge in [0.1, 0.15) is 0 Å². The predicted molar refractivity (Wildman–Crippen MR) is 64.4 cm³/mol. The number of hydrogen-bond donors (Lipinski definition) is 0. The predicted octanol–water partition coefficient (Wildman–Crippen LogP) is 4.08. The Bertz CT molecular complexity index is 161. The van der Waals surface area contributed by atoms with Crippen LogP contribution in [0.4, 0.5) is 0 Å². The largest absolute Gasteiger partial charge is 0.449 e. The molecule has 0 aromatic rings. The summed E-state index contributed by atoms with van der Waals surface area (Å²) in [5.74, 6) is -0.195. The van der Waals surface area contributed by atoms with E-state index in [9.17, 15) is 4.79 Å². The highest BCUT2D eigenvalue weighted by atomic mass is 35.5. The molecule has 0 fully saturated rings. The highest BCUT2D eigenvalue weighted by molar-refractivity contribution is 6.20.